The zero-order valence-corrected chi connectivity index (χ0v) is 14.0. The maximum absolute atomic E-state index is 10.9. The van der Waals surface area contributed by atoms with Gasteiger partial charge in [0.25, 0.3) is 0 Å². The second-order valence-electron chi connectivity index (χ2n) is 4.66. The lowest BCUT2D eigenvalue weighted by Gasteiger charge is -2.13. The van der Waals surface area contributed by atoms with E-state index in [1.807, 2.05) is 29.7 Å². The molecule has 0 radical (unpaired) electrons. The van der Waals surface area contributed by atoms with Crippen molar-refractivity contribution in [2.45, 2.75) is 37.4 Å². The Labute approximate surface area is 138 Å². The Hall–Kier alpha value is -2.22. The molecular formula is C15H18N3O4S-. The highest BCUT2D eigenvalue weighted by molar-refractivity contribution is 8.00. The molecule has 1 aromatic heterocycles. The third kappa shape index (κ3) is 4.16. The number of hydrogen-bond donors (Lipinski definition) is 0. The molecule has 0 saturated heterocycles. The summed E-state index contributed by atoms with van der Waals surface area (Å²) in [5.41, 5.74) is 0. The first-order chi connectivity index (χ1) is 11.1. The van der Waals surface area contributed by atoms with Gasteiger partial charge in [-0.05, 0) is 26.0 Å². The van der Waals surface area contributed by atoms with Crippen LogP contribution in [0.5, 0.6) is 11.5 Å². The summed E-state index contributed by atoms with van der Waals surface area (Å²) in [6.07, 6.45) is 0. The van der Waals surface area contributed by atoms with Gasteiger partial charge in [0, 0.05) is 11.8 Å². The Morgan fingerprint density at radius 3 is 2.65 bits per heavy atom. The minimum Gasteiger partial charge on any atom is -0.549 e. The number of nitrogens with zero attached hydrogens (tertiary/aromatic N) is 3. The van der Waals surface area contributed by atoms with Crippen molar-refractivity contribution in [3.05, 3.63) is 30.1 Å². The fourth-order valence-corrected chi connectivity index (χ4v) is 2.78. The van der Waals surface area contributed by atoms with E-state index in [0.29, 0.717) is 29.0 Å². The van der Waals surface area contributed by atoms with Gasteiger partial charge < -0.3 is 23.9 Å². The van der Waals surface area contributed by atoms with Gasteiger partial charge in [0.2, 0.25) is 0 Å². The van der Waals surface area contributed by atoms with E-state index in [1.54, 1.807) is 20.1 Å². The number of carboxylic acid groups (broad SMARTS) is 1. The normalized spacial score (nSPS) is 12.0. The van der Waals surface area contributed by atoms with Crippen LogP contribution in [0.4, 0.5) is 0 Å². The molecule has 0 amide bonds. The van der Waals surface area contributed by atoms with Crippen molar-refractivity contribution in [2.24, 2.45) is 0 Å². The van der Waals surface area contributed by atoms with E-state index in [0.717, 1.165) is 11.8 Å². The largest absolute Gasteiger partial charge is 0.549 e. The third-order valence-electron chi connectivity index (χ3n) is 3.15. The fraction of sp³-hybridized carbons (Fsp3) is 0.400. The van der Waals surface area contributed by atoms with Crippen molar-refractivity contribution < 1.29 is 19.4 Å². The zero-order chi connectivity index (χ0) is 16.8. The molecule has 0 unspecified atom stereocenters. The molecule has 2 aromatic rings. The molecule has 2 rings (SSSR count). The number of thioether (sulfide) groups is 1. The van der Waals surface area contributed by atoms with E-state index in [2.05, 4.69) is 10.2 Å². The van der Waals surface area contributed by atoms with E-state index in [1.165, 1.54) is 0 Å². The zero-order valence-electron chi connectivity index (χ0n) is 13.2. The van der Waals surface area contributed by atoms with Crippen molar-refractivity contribution in [1.29, 1.82) is 0 Å². The lowest BCUT2D eigenvalue weighted by Crippen LogP contribution is -2.31. The fourth-order valence-electron chi connectivity index (χ4n) is 1.92. The van der Waals surface area contributed by atoms with Crippen molar-refractivity contribution >= 4 is 17.7 Å². The molecule has 8 heteroatoms. The molecule has 7 nitrogen and oxygen atoms in total. The van der Waals surface area contributed by atoms with Crippen LogP contribution in [0.3, 0.4) is 0 Å². The van der Waals surface area contributed by atoms with Crippen LogP contribution in [0.15, 0.2) is 29.4 Å². The average molecular weight is 336 g/mol. The number of carbonyl (C=O) groups excluding carboxylic acids is 1. The summed E-state index contributed by atoms with van der Waals surface area (Å²) in [7, 11) is 1.58. The number of rotatable bonds is 8. The smallest absolute Gasteiger partial charge is 0.191 e. The van der Waals surface area contributed by atoms with Gasteiger partial charge in [-0.2, -0.15) is 0 Å². The number of aromatic nitrogens is 3. The van der Waals surface area contributed by atoms with Crippen LogP contribution in [-0.2, 0) is 17.9 Å². The summed E-state index contributed by atoms with van der Waals surface area (Å²) < 4.78 is 12.8. The van der Waals surface area contributed by atoms with E-state index >= 15 is 0 Å². The van der Waals surface area contributed by atoms with Gasteiger partial charge in [-0.3, -0.25) is 0 Å². The average Bonchev–Trinajstić information content (AvgIpc) is 2.94. The van der Waals surface area contributed by atoms with E-state index < -0.39 is 11.2 Å². The van der Waals surface area contributed by atoms with Crippen LogP contribution in [0.1, 0.15) is 19.7 Å². The minimum atomic E-state index is -1.13. The number of hydrogen-bond acceptors (Lipinski definition) is 7. The molecule has 1 atom stereocenters. The van der Waals surface area contributed by atoms with Gasteiger partial charge in [0.05, 0.1) is 13.1 Å². The Bertz CT molecular complexity index is 674. The topological polar surface area (TPSA) is 89.3 Å². The maximum atomic E-state index is 10.9. The van der Waals surface area contributed by atoms with Crippen LogP contribution in [0.2, 0.25) is 0 Å². The Morgan fingerprint density at radius 2 is 2.04 bits per heavy atom. The van der Waals surface area contributed by atoms with Crippen molar-refractivity contribution in [2.75, 3.05) is 7.11 Å². The van der Waals surface area contributed by atoms with Crippen LogP contribution in [0, 0.1) is 0 Å². The van der Waals surface area contributed by atoms with E-state index in [4.69, 9.17) is 9.47 Å². The predicted molar refractivity (Wildman–Crippen MR) is 83.3 cm³/mol. The molecular weight excluding hydrogens is 318 g/mol. The summed E-state index contributed by atoms with van der Waals surface area (Å²) in [6.45, 7) is 4.31. The van der Waals surface area contributed by atoms with Crippen LogP contribution in [-0.4, -0.2) is 33.1 Å². The number of ether oxygens (including phenoxy) is 2. The first-order valence-corrected chi connectivity index (χ1v) is 8.00. The molecule has 0 aliphatic carbocycles. The predicted octanol–water partition coefficient (Wildman–Crippen LogP) is 1.12. The van der Waals surface area contributed by atoms with Crippen molar-refractivity contribution in [3.63, 3.8) is 0 Å². The summed E-state index contributed by atoms with van der Waals surface area (Å²) in [6, 6.07) is 7.32. The highest BCUT2D eigenvalue weighted by Gasteiger charge is 2.16. The van der Waals surface area contributed by atoms with Gasteiger partial charge in [-0.1, -0.05) is 23.9 Å². The maximum Gasteiger partial charge on any atom is 0.191 e. The molecule has 23 heavy (non-hydrogen) atoms. The Kier molecular flexibility index (Phi) is 5.86. The number of methoxy groups -OCH3 is 1. The minimum absolute atomic E-state index is 0.210. The van der Waals surface area contributed by atoms with Crippen LogP contribution >= 0.6 is 11.8 Å². The van der Waals surface area contributed by atoms with Crippen LogP contribution in [0.25, 0.3) is 0 Å². The number of benzene rings is 1. The molecule has 0 fully saturated rings. The monoisotopic (exact) mass is 336 g/mol. The number of carbonyl (C=O) groups is 1. The second-order valence-corrected chi connectivity index (χ2v) is 5.97. The SMILES string of the molecule is CCn1c(COc2ccccc2OC)nnc1S[C@H](C)C(=O)[O-]. The molecule has 0 aliphatic rings. The molecule has 1 aromatic carbocycles. The molecule has 124 valence electrons. The summed E-state index contributed by atoms with van der Waals surface area (Å²) in [5.74, 6) is 0.729. The van der Waals surface area contributed by atoms with Gasteiger partial charge in [-0.25, -0.2) is 0 Å². The summed E-state index contributed by atoms with van der Waals surface area (Å²) in [4.78, 5) is 10.9. The van der Waals surface area contributed by atoms with Gasteiger partial charge in [0.1, 0.15) is 6.61 Å². The molecule has 0 aliphatic heterocycles. The Balaban J connectivity index is 2.11. The molecule has 0 saturated carbocycles. The summed E-state index contributed by atoms with van der Waals surface area (Å²) >= 11 is 1.10. The molecule has 1 heterocycles. The highest BCUT2D eigenvalue weighted by Crippen LogP contribution is 2.27. The number of aliphatic carboxylic acids is 1. The quantitative estimate of drug-likeness (QED) is 0.667. The van der Waals surface area contributed by atoms with Gasteiger partial charge >= 0.3 is 0 Å². The van der Waals surface area contributed by atoms with Crippen molar-refractivity contribution in [3.8, 4) is 11.5 Å². The van der Waals surface area contributed by atoms with Gasteiger partial charge in [-0.15, -0.1) is 10.2 Å². The second kappa shape index (κ2) is 7.87. The highest BCUT2D eigenvalue weighted by atomic mass is 32.2. The number of para-hydroxylation sites is 2. The molecule has 0 N–H and O–H groups in total. The lowest BCUT2D eigenvalue weighted by molar-refractivity contribution is -0.304. The third-order valence-corrected chi connectivity index (χ3v) is 4.21. The molecule has 0 bridgehead atoms. The Morgan fingerprint density at radius 1 is 1.35 bits per heavy atom. The summed E-state index contributed by atoms with van der Waals surface area (Å²) in [5, 5.41) is 18.8. The van der Waals surface area contributed by atoms with Crippen molar-refractivity contribution in [1.82, 2.24) is 14.8 Å². The first-order valence-electron chi connectivity index (χ1n) is 7.12. The van der Waals surface area contributed by atoms with Crippen LogP contribution < -0.4 is 14.6 Å². The van der Waals surface area contributed by atoms with E-state index in [-0.39, 0.29) is 6.61 Å². The molecule has 0 spiro atoms. The van der Waals surface area contributed by atoms with Gasteiger partial charge in [0.15, 0.2) is 22.5 Å². The van der Waals surface area contributed by atoms with E-state index in [9.17, 15) is 9.90 Å². The standard InChI is InChI=1S/C15H19N3O4S/c1-4-18-13(16-17-15(18)23-10(2)14(19)20)9-22-12-8-6-5-7-11(12)21-3/h5-8,10H,4,9H2,1-3H3,(H,19,20)/p-1/t10-/m1/s1. The lowest BCUT2D eigenvalue weighted by atomic mass is 10.3. The number of carboxylic acids is 1. The first kappa shape index (κ1) is 17.1.